The molecule has 0 amide bonds. The van der Waals surface area contributed by atoms with Crippen LogP contribution in [0, 0.1) is 6.92 Å². The number of morpholine rings is 1. The summed E-state index contributed by atoms with van der Waals surface area (Å²) in [6, 6.07) is 4.96. The normalized spacial score (nSPS) is 28.3. The molecule has 0 radical (unpaired) electrons. The number of ether oxygens (including phenoxy) is 1. The topological polar surface area (TPSA) is 38.5 Å². The number of hydrogen-bond acceptors (Lipinski definition) is 4. The Morgan fingerprint density at radius 1 is 1.37 bits per heavy atom. The predicted octanol–water partition coefficient (Wildman–Crippen LogP) is 2.94. The highest BCUT2D eigenvalue weighted by Gasteiger charge is 2.32. The van der Waals surface area contributed by atoms with Crippen molar-refractivity contribution in [2.75, 3.05) is 13.1 Å². The van der Waals surface area contributed by atoms with Crippen LogP contribution in [0.1, 0.15) is 43.0 Å². The van der Waals surface area contributed by atoms with Crippen LogP contribution in [0.15, 0.2) is 12.1 Å². The summed E-state index contributed by atoms with van der Waals surface area (Å²) < 4.78 is 5.84. The Morgan fingerprint density at radius 2 is 2.00 bits per heavy atom. The van der Waals surface area contributed by atoms with Gasteiger partial charge in [-0.15, -0.1) is 11.3 Å². The van der Waals surface area contributed by atoms with E-state index in [1.54, 1.807) is 0 Å². The van der Waals surface area contributed by atoms with Gasteiger partial charge in [0.2, 0.25) is 0 Å². The van der Waals surface area contributed by atoms with E-state index in [1.807, 2.05) is 11.3 Å². The van der Waals surface area contributed by atoms with E-state index in [1.165, 1.54) is 9.75 Å². The summed E-state index contributed by atoms with van der Waals surface area (Å²) in [5, 5.41) is 0. The standard InChI is InChI=1S/C15H26N2OS/c1-5-13(16)15(14-7-6-12(4)19-14)17-8-10(2)18-11(3)9-17/h6-7,10-11,13,15H,5,8-9,16H2,1-4H3/t10-,11+,13?,15?. The summed E-state index contributed by atoms with van der Waals surface area (Å²) in [6.07, 6.45) is 1.58. The van der Waals surface area contributed by atoms with Crippen molar-refractivity contribution in [1.82, 2.24) is 4.90 Å². The first-order chi connectivity index (χ1) is 9.01. The summed E-state index contributed by atoms with van der Waals surface area (Å²) >= 11 is 1.87. The molecule has 0 aromatic carbocycles. The van der Waals surface area contributed by atoms with Gasteiger partial charge in [-0.1, -0.05) is 6.92 Å². The maximum Gasteiger partial charge on any atom is 0.0678 e. The lowest BCUT2D eigenvalue weighted by Gasteiger charge is -2.41. The molecule has 0 aliphatic carbocycles. The Bertz CT molecular complexity index is 397. The molecule has 1 aromatic heterocycles. The molecule has 1 saturated heterocycles. The summed E-state index contributed by atoms with van der Waals surface area (Å²) in [7, 11) is 0. The Hall–Kier alpha value is -0.420. The zero-order valence-corrected chi connectivity index (χ0v) is 13.2. The van der Waals surface area contributed by atoms with Crippen molar-refractivity contribution < 1.29 is 4.74 Å². The van der Waals surface area contributed by atoms with E-state index in [0.29, 0.717) is 6.04 Å². The molecule has 4 heteroatoms. The zero-order valence-electron chi connectivity index (χ0n) is 12.4. The highest BCUT2D eigenvalue weighted by atomic mass is 32.1. The molecular formula is C15H26N2OS. The van der Waals surface area contributed by atoms with Gasteiger partial charge in [-0.3, -0.25) is 4.90 Å². The lowest BCUT2D eigenvalue weighted by atomic mass is 10.0. The second kappa shape index (κ2) is 6.35. The van der Waals surface area contributed by atoms with Crippen LogP contribution in [0.2, 0.25) is 0 Å². The van der Waals surface area contributed by atoms with Crippen LogP contribution in [0.3, 0.4) is 0 Å². The number of nitrogens with two attached hydrogens (primary N) is 1. The van der Waals surface area contributed by atoms with E-state index in [0.717, 1.165) is 19.5 Å². The van der Waals surface area contributed by atoms with Crippen LogP contribution in [0.4, 0.5) is 0 Å². The SMILES string of the molecule is CCC(N)C(c1ccc(C)s1)N1C[C@@H](C)O[C@@H](C)C1. The van der Waals surface area contributed by atoms with Gasteiger partial charge in [0.1, 0.15) is 0 Å². The van der Waals surface area contributed by atoms with Crippen LogP contribution in [0.5, 0.6) is 0 Å². The van der Waals surface area contributed by atoms with E-state index in [-0.39, 0.29) is 18.2 Å². The Balaban J connectivity index is 2.22. The molecule has 0 saturated carbocycles. The van der Waals surface area contributed by atoms with Gasteiger partial charge in [0.25, 0.3) is 0 Å². The van der Waals surface area contributed by atoms with Gasteiger partial charge < -0.3 is 10.5 Å². The molecule has 2 unspecified atom stereocenters. The predicted molar refractivity (Wildman–Crippen MR) is 81.6 cm³/mol. The lowest BCUT2D eigenvalue weighted by Crippen LogP contribution is -2.51. The maximum atomic E-state index is 6.40. The average molecular weight is 282 g/mol. The third-order valence-electron chi connectivity index (χ3n) is 3.77. The second-order valence-corrected chi connectivity index (χ2v) is 7.00. The zero-order chi connectivity index (χ0) is 14.0. The Morgan fingerprint density at radius 3 is 2.47 bits per heavy atom. The lowest BCUT2D eigenvalue weighted by molar-refractivity contribution is -0.0834. The monoisotopic (exact) mass is 282 g/mol. The first kappa shape index (κ1) is 15.0. The molecule has 2 N–H and O–H groups in total. The molecule has 1 fully saturated rings. The minimum absolute atomic E-state index is 0.190. The smallest absolute Gasteiger partial charge is 0.0678 e. The highest BCUT2D eigenvalue weighted by molar-refractivity contribution is 7.12. The van der Waals surface area contributed by atoms with Gasteiger partial charge in [-0.2, -0.15) is 0 Å². The molecule has 2 heterocycles. The second-order valence-electron chi connectivity index (χ2n) is 5.68. The fourth-order valence-corrected chi connectivity index (χ4v) is 4.03. The summed E-state index contributed by atoms with van der Waals surface area (Å²) in [6.45, 7) is 10.6. The van der Waals surface area contributed by atoms with E-state index >= 15 is 0 Å². The number of hydrogen-bond donors (Lipinski definition) is 1. The van der Waals surface area contributed by atoms with Crippen LogP contribution in [-0.4, -0.2) is 36.2 Å². The molecule has 108 valence electrons. The highest BCUT2D eigenvalue weighted by Crippen LogP contribution is 2.32. The quantitative estimate of drug-likeness (QED) is 0.923. The van der Waals surface area contributed by atoms with Crippen LogP contribution in [0.25, 0.3) is 0 Å². The molecule has 0 bridgehead atoms. The molecule has 19 heavy (non-hydrogen) atoms. The van der Waals surface area contributed by atoms with Gasteiger partial charge in [0.15, 0.2) is 0 Å². The average Bonchev–Trinajstić information content (AvgIpc) is 2.74. The number of nitrogens with zero attached hydrogens (tertiary/aromatic N) is 1. The molecule has 4 atom stereocenters. The molecular weight excluding hydrogens is 256 g/mol. The van der Waals surface area contributed by atoms with E-state index in [9.17, 15) is 0 Å². The fourth-order valence-electron chi connectivity index (χ4n) is 2.94. The third-order valence-corrected chi connectivity index (χ3v) is 4.84. The van der Waals surface area contributed by atoms with Gasteiger partial charge in [-0.25, -0.2) is 0 Å². The minimum Gasteiger partial charge on any atom is -0.373 e. The van der Waals surface area contributed by atoms with Crippen molar-refractivity contribution >= 4 is 11.3 Å². The van der Waals surface area contributed by atoms with Gasteiger partial charge in [0.05, 0.1) is 18.2 Å². The van der Waals surface area contributed by atoms with Crippen LogP contribution < -0.4 is 5.73 Å². The molecule has 2 rings (SSSR count). The van der Waals surface area contributed by atoms with Crippen molar-refractivity contribution in [1.29, 1.82) is 0 Å². The largest absolute Gasteiger partial charge is 0.373 e. The molecule has 0 spiro atoms. The fraction of sp³-hybridized carbons (Fsp3) is 0.733. The molecule has 1 aliphatic rings. The molecule has 1 aliphatic heterocycles. The Labute approximate surface area is 120 Å². The van der Waals surface area contributed by atoms with Crippen molar-refractivity contribution in [2.45, 2.75) is 58.4 Å². The van der Waals surface area contributed by atoms with E-state index in [2.05, 4.69) is 44.7 Å². The minimum atomic E-state index is 0.190. The number of thiophene rings is 1. The first-order valence-electron chi connectivity index (χ1n) is 7.22. The van der Waals surface area contributed by atoms with Crippen molar-refractivity contribution in [3.05, 3.63) is 21.9 Å². The van der Waals surface area contributed by atoms with E-state index in [4.69, 9.17) is 10.5 Å². The summed E-state index contributed by atoms with van der Waals surface area (Å²) in [4.78, 5) is 5.27. The van der Waals surface area contributed by atoms with Gasteiger partial charge >= 0.3 is 0 Å². The number of rotatable bonds is 4. The Kier molecular flexibility index (Phi) is 5.01. The van der Waals surface area contributed by atoms with Crippen LogP contribution in [-0.2, 0) is 4.74 Å². The summed E-state index contributed by atoms with van der Waals surface area (Å²) in [5.41, 5.74) is 6.40. The van der Waals surface area contributed by atoms with Crippen molar-refractivity contribution in [3.63, 3.8) is 0 Å². The van der Waals surface area contributed by atoms with Crippen LogP contribution >= 0.6 is 11.3 Å². The maximum absolute atomic E-state index is 6.40. The van der Waals surface area contributed by atoms with Crippen molar-refractivity contribution in [2.24, 2.45) is 5.73 Å². The van der Waals surface area contributed by atoms with E-state index < -0.39 is 0 Å². The van der Waals surface area contributed by atoms with Gasteiger partial charge in [-0.05, 0) is 39.3 Å². The molecule has 3 nitrogen and oxygen atoms in total. The van der Waals surface area contributed by atoms with Gasteiger partial charge in [0, 0.05) is 28.9 Å². The van der Waals surface area contributed by atoms with Crippen molar-refractivity contribution in [3.8, 4) is 0 Å². The summed E-state index contributed by atoms with van der Waals surface area (Å²) in [5.74, 6) is 0. The first-order valence-corrected chi connectivity index (χ1v) is 8.04. The third kappa shape index (κ3) is 3.57. The number of aryl methyl sites for hydroxylation is 1. The molecule has 1 aromatic rings.